The van der Waals surface area contributed by atoms with Crippen molar-refractivity contribution in [1.82, 2.24) is 4.90 Å². The molecule has 4 heteroatoms. The summed E-state index contributed by atoms with van der Waals surface area (Å²) < 4.78 is 5.68. The molecule has 1 aromatic carbocycles. The molecule has 0 amide bonds. The van der Waals surface area contributed by atoms with Gasteiger partial charge in [0.1, 0.15) is 12.4 Å². The van der Waals surface area contributed by atoms with Gasteiger partial charge in [-0.3, -0.25) is 4.90 Å². The lowest BCUT2D eigenvalue weighted by Gasteiger charge is -2.18. The Kier molecular flexibility index (Phi) is 2.96. The van der Waals surface area contributed by atoms with E-state index < -0.39 is 5.97 Å². The van der Waals surface area contributed by atoms with Gasteiger partial charge in [-0.1, -0.05) is 0 Å². The topological polar surface area (TPSA) is 49.8 Å². The number of nitrogens with zero attached hydrogens (tertiary/aromatic N) is 1. The Labute approximate surface area is 106 Å². The van der Waals surface area contributed by atoms with E-state index in [2.05, 4.69) is 4.90 Å². The first-order valence-electron chi connectivity index (χ1n) is 6.44. The van der Waals surface area contributed by atoms with Crippen molar-refractivity contribution in [3.8, 4) is 5.75 Å². The van der Waals surface area contributed by atoms with E-state index in [9.17, 15) is 4.79 Å². The zero-order chi connectivity index (χ0) is 12.5. The van der Waals surface area contributed by atoms with Crippen molar-refractivity contribution in [3.05, 3.63) is 29.3 Å². The number of aromatic carboxylic acids is 1. The standard InChI is InChI=1S/C14H17NO3/c16-14(17)11-3-4-13-12(7-11)9-15(5-6-18-13)8-10-1-2-10/h3-4,7,10H,1-2,5-6,8-9H2,(H,16,17). The van der Waals surface area contributed by atoms with Gasteiger partial charge in [0.05, 0.1) is 5.56 Å². The molecule has 1 N–H and O–H groups in total. The van der Waals surface area contributed by atoms with Gasteiger partial charge >= 0.3 is 5.97 Å². The van der Waals surface area contributed by atoms with Gasteiger partial charge in [0.2, 0.25) is 0 Å². The molecule has 0 spiro atoms. The van der Waals surface area contributed by atoms with Crippen LogP contribution in [0.1, 0.15) is 28.8 Å². The fraction of sp³-hybridized carbons (Fsp3) is 0.500. The lowest BCUT2D eigenvalue weighted by atomic mass is 10.1. The molecule has 1 heterocycles. The summed E-state index contributed by atoms with van der Waals surface area (Å²) in [7, 11) is 0. The second-order valence-electron chi connectivity index (χ2n) is 5.15. The summed E-state index contributed by atoms with van der Waals surface area (Å²) in [6, 6.07) is 5.13. The number of fused-ring (bicyclic) bond motifs is 1. The third kappa shape index (κ3) is 2.48. The molecule has 1 saturated carbocycles. The van der Waals surface area contributed by atoms with Crippen LogP contribution in [0.2, 0.25) is 0 Å². The van der Waals surface area contributed by atoms with Crippen LogP contribution >= 0.6 is 0 Å². The largest absolute Gasteiger partial charge is 0.492 e. The normalized spacial score (nSPS) is 19.8. The second-order valence-corrected chi connectivity index (χ2v) is 5.15. The number of carboxylic acids is 1. The number of hydrogen-bond donors (Lipinski definition) is 1. The fourth-order valence-corrected chi connectivity index (χ4v) is 2.40. The first kappa shape index (κ1) is 11.5. The molecule has 0 radical (unpaired) electrons. The fourth-order valence-electron chi connectivity index (χ4n) is 2.40. The Morgan fingerprint density at radius 1 is 1.44 bits per heavy atom. The van der Waals surface area contributed by atoms with E-state index in [-0.39, 0.29) is 0 Å². The number of ether oxygens (including phenoxy) is 1. The van der Waals surface area contributed by atoms with Crippen LogP contribution < -0.4 is 4.74 Å². The highest BCUT2D eigenvalue weighted by atomic mass is 16.5. The van der Waals surface area contributed by atoms with Gasteiger partial charge < -0.3 is 9.84 Å². The highest BCUT2D eigenvalue weighted by molar-refractivity contribution is 5.88. The predicted octanol–water partition coefficient (Wildman–Crippen LogP) is 1.99. The summed E-state index contributed by atoms with van der Waals surface area (Å²) in [5.74, 6) is 0.795. The highest BCUT2D eigenvalue weighted by Gasteiger charge is 2.26. The molecule has 0 aromatic heterocycles. The Bertz CT molecular complexity index is 468. The van der Waals surface area contributed by atoms with E-state index in [0.717, 1.165) is 36.9 Å². The molecule has 96 valence electrons. The molecule has 1 aliphatic heterocycles. The van der Waals surface area contributed by atoms with Gasteiger partial charge in [0, 0.05) is 25.2 Å². The van der Waals surface area contributed by atoms with E-state index >= 15 is 0 Å². The van der Waals surface area contributed by atoms with Crippen LogP contribution in [0.4, 0.5) is 0 Å². The minimum atomic E-state index is -0.879. The van der Waals surface area contributed by atoms with E-state index in [0.29, 0.717) is 12.2 Å². The van der Waals surface area contributed by atoms with Crippen LogP contribution in [-0.2, 0) is 6.54 Å². The van der Waals surface area contributed by atoms with Gasteiger partial charge in [-0.25, -0.2) is 4.79 Å². The second kappa shape index (κ2) is 4.61. The third-order valence-electron chi connectivity index (χ3n) is 3.58. The zero-order valence-corrected chi connectivity index (χ0v) is 10.3. The molecule has 2 aliphatic rings. The van der Waals surface area contributed by atoms with Crippen LogP contribution in [0.5, 0.6) is 5.75 Å². The van der Waals surface area contributed by atoms with Crippen molar-refractivity contribution in [2.45, 2.75) is 19.4 Å². The third-order valence-corrected chi connectivity index (χ3v) is 3.58. The molecular weight excluding hydrogens is 230 g/mol. The van der Waals surface area contributed by atoms with Crippen molar-refractivity contribution in [3.63, 3.8) is 0 Å². The number of benzene rings is 1. The maximum Gasteiger partial charge on any atom is 0.335 e. The van der Waals surface area contributed by atoms with Gasteiger partial charge in [-0.15, -0.1) is 0 Å². The minimum absolute atomic E-state index is 0.339. The number of rotatable bonds is 3. The lowest BCUT2D eigenvalue weighted by Crippen LogP contribution is -2.27. The van der Waals surface area contributed by atoms with Crippen molar-refractivity contribution < 1.29 is 14.6 Å². The van der Waals surface area contributed by atoms with E-state index in [1.165, 1.54) is 12.8 Å². The van der Waals surface area contributed by atoms with Gasteiger partial charge in [0.25, 0.3) is 0 Å². The van der Waals surface area contributed by atoms with Crippen LogP contribution in [0.3, 0.4) is 0 Å². The van der Waals surface area contributed by atoms with Crippen LogP contribution in [-0.4, -0.2) is 35.7 Å². The SMILES string of the molecule is O=C(O)c1ccc2c(c1)CN(CC1CC1)CCO2. The van der Waals surface area contributed by atoms with Gasteiger partial charge in [-0.2, -0.15) is 0 Å². The van der Waals surface area contributed by atoms with Gasteiger partial charge in [0.15, 0.2) is 0 Å². The van der Waals surface area contributed by atoms with Crippen LogP contribution in [0.25, 0.3) is 0 Å². The highest BCUT2D eigenvalue weighted by Crippen LogP contribution is 2.31. The van der Waals surface area contributed by atoms with Crippen molar-refractivity contribution in [2.75, 3.05) is 19.7 Å². The lowest BCUT2D eigenvalue weighted by molar-refractivity contribution is 0.0696. The average molecular weight is 247 g/mol. The minimum Gasteiger partial charge on any atom is -0.492 e. The zero-order valence-electron chi connectivity index (χ0n) is 10.3. The van der Waals surface area contributed by atoms with E-state index in [1.807, 2.05) is 0 Å². The maximum absolute atomic E-state index is 11.0. The van der Waals surface area contributed by atoms with Crippen LogP contribution in [0.15, 0.2) is 18.2 Å². The molecule has 1 aromatic rings. The van der Waals surface area contributed by atoms with Crippen LogP contribution in [0, 0.1) is 5.92 Å². The number of hydrogen-bond acceptors (Lipinski definition) is 3. The summed E-state index contributed by atoms with van der Waals surface area (Å²) in [6.45, 7) is 3.52. The Hall–Kier alpha value is -1.55. The van der Waals surface area contributed by atoms with Crippen molar-refractivity contribution in [2.24, 2.45) is 5.92 Å². The maximum atomic E-state index is 11.0. The first-order chi connectivity index (χ1) is 8.72. The molecule has 1 aliphatic carbocycles. The summed E-state index contributed by atoms with van der Waals surface area (Å²) in [5.41, 5.74) is 1.33. The molecule has 0 saturated heterocycles. The molecule has 4 nitrogen and oxygen atoms in total. The van der Waals surface area contributed by atoms with E-state index in [1.54, 1.807) is 18.2 Å². The molecule has 18 heavy (non-hydrogen) atoms. The number of carboxylic acid groups (broad SMARTS) is 1. The smallest absolute Gasteiger partial charge is 0.335 e. The summed E-state index contributed by atoms with van der Waals surface area (Å²) in [5, 5.41) is 9.02. The molecule has 1 fully saturated rings. The summed E-state index contributed by atoms with van der Waals surface area (Å²) in [4.78, 5) is 13.4. The predicted molar refractivity (Wildman–Crippen MR) is 66.9 cm³/mol. The Morgan fingerprint density at radius 2 is 2.28 bits per heavy atom. The van der Waals surface area contributed by atoms with E-state index in [4.69, 9.17) is 9.84 Å². The Balaban J connectivity index is 1.81. The van der Waals surface area contributed by atoms with Crippen molar-refractivity contribution >= 4 is 5.97 Å². The molecule has 0 atom stereocenters. The Morgan fingerprint density at radius 3 is 3.00 bits per heavy atom. The quantitative estimate of drug-likeness (QED) is 0.887. The summed E-state index contributed by atoms with van der Waals surface area (Å²) in [6.07, 6.45) is 2.67. The molecule has 0 unspecified atom stereocenters. The average Bonchev–Trinajstić information content (AvgIpc) is 3.15. The van der Waals surface area contributed by atoms with Crippen molar-refractivity contribution in [1.29, 1.82) is 0 Å². The summed E-state index contributed by atoms with van der Waals surface area (Å²) >= 11 is 0. The number of carbonyl (C=O) groups is 1. The molecular formula is C14H17NO3. The van der Waals surface area contributed by atoms with Gasteiger partial charge in [-0.05, 0) is 37.0 Å². The first-order valence-corrected chi connectivity index (χ1v) is 6.44. The molecule has 3 rings (SSSR count). The molecule has 0 bridgehead atoms. The monoisotopic (exact) mass is 247 g/mol.